The molecule has 0 aromatic carbocycles. The summed E-state index contributed by atoms with van der Waals surface area (Å²) in [7, 11) is 2.14. The highest BCUT2D eigenvalue weighted by Crippen LogP contribution is 1.98. The van der Waals surface area contributed by atoms with Gasteiger partial charge in [-0.1, -0.05) is 6.92 Å². The molecule has 0 aliphatic rings. The van der Waals surface area contributed by atoms with Crippen LogP contribution in [0.5, 0.6) is 0 Å². The molecule has 0 fully saturated rings. The predicted molar refractivity (Wildman–Crippen MR) is 55.7 cm³/mol. The van der Waals surface area contributed by atoms with Gasteiger partial charge in [0, 0.05) is 31.5 Å². The topological polar surface area (TPSA) is 31.1 Å². The van der Waals surface area contributed by atoms with Crippen molar-refractivity contribution in [3.63, 3.8) is 0 Å². The average molecular weight is 181 g/mol. The Hall–Kier alpha value is -0.800. The molecular formula is C10H19N3. The summed E-state index contributed by atoms with van der Waals surface area (Å²) in [4.78, 5) is 5.50. The van der Waals surface area contributed by atoms with Gasteiger partial charge in [0.25, 0.3) is 0 Å². The highest BCUT2D eigenvalue weighted by atomic mass is 15.1. The lowest BCUT2D eigenvalue weighted by Gasteiger charge is -2.15. The van der Waals surface area contributed by atoms with Gasteiger partial charge in [0.1, 0.15) is 0 Å². The van der Waals surface area contributed by atoms with Crippen molar-refractivity contribution < 1.29 is 0 Å². The first kappa shape index (κ1) is 10.3. The van der Waals surface area contributed by atoms with Gasteiger partial charge in [-0.2, -0.15) is 0 Å². The molecule has 1 rings (SSSR count). The van der Waals surface area contributed by atoms with E-state index in [0.29, 0.717) is 0 Å². The van der Waals surface area contributed by atoms with Crippen LogP contribution < -0.4 is 5.32 Å². The van der Waals surface area contributed by atoms with Gasteiger partial charge in [0.15, 0.2) is 0 Å². The minimum Gasteiger partial charge on any atom is -0.364 e. The maximum atomic E-state index is 3.31. The zero-order valence-corrected chi connectivity index (χ0v) is 8.51. The molecule has 0 aliphatic heterocycles. The van der Waals surface area contributed by atoms with E-state index in [9.17, 15) is 0 Å². The van der Waals surface area contributed by atoms with E-state index in [-0.39, 0.29) is 0 Å². The third-order valence-corrected chi connectivity index (χ3v) is 2.02. The molecule has 0 atom stereocenters. The summed E-state index contributed by atoms with van der Waals surface area (Å²) in [6.45, 7) is 6.33. The number of likely N-dealkylation sites (N-methyl/N-ethyl adjacent to an activating group) is 2. The largest absolute Gasteiger partial charge is 0.364 e. The molecule has 2 N–H and O–H groups in total. The normalized spacial score (nSPS) is 11.0. The maximum absolute atomic E-state index is 3.31. The molecule has 0 unspecified atom stereocenters. The third kappa shape index (κ3) is 4.10. The first-order valence-electron chi connectivity index (χ1n) is 4.84. The molecule has 0 saturated heterocycles. The summed E-state index contributed by atoms with van der Waals surface area (Å²) in [5.41, 5.74) is 1.28. The van der Waals surface area contributed by atoms with Gasteiger partial charge in [-0.15, -0.1) is 0 Å². The van der Waals surface area contributed by atoms with Crippen LogP contribution in [0.3, 0.4) is 0 Å². The summed E-state index contributed by atoms with van der Waals surface area (Å²) >= 11 is 0. The second-order valence-electron chi connectivity index (χ2n) is 3.29. The lowest BCUT2D eigenvalue weighted by Crippen LogP contribution is -2.28. The van der Waals surface area contributed by atoms with E-state index in [0.717, 1.165) is 26.2 Å². The Balaban J connectivity index is 2.14. The van der Waals surface area contributed by atoms with Gasteiger partial charge in [-0.05, 0) is 25.7 Å². The molecule has 74 valence electrons. The average Bonchev–Trinajstić information content (AvgIpc) is 2.57. The molecule has 0 bridgehead atoms. The van der Waals surface area contributed by atoms with Gasteiger partial charge in [-0.3, -0.25) is 4.90 Å². The maximum Gasteiger partial charge on any atom is 0.0382 e. The smallest absolute Gasteiger partial charge is 0.0382 e. The Labute approximate surface area is 80.1 Å². The number of aromatic amines is 1. The minimum atomic E-state index is 0.998. The molecule has 0 amide bonds. The summed E-state index contributed by atoms with van der Waals surface area (Å²) in [6.07, 6.45) is 1.97. The molecule has 1 heterocycles. The van der Waals surface area contributed by atoms with Gasteiger partial charge in [-0.25, -0.2) is 0 Å². The van der Waals surface area contributed by atoms with E-state index in [2.05, 4.69) is 35.2 Å². The van der Waals surface area contributed by atoms with E-state index in [1.807, 2.05) is 12.3 Å². The van der Waals surface area contributed by atoms with E-state index < -0.39 is 0 Å². The minimum absolute atomic E-state index is 0.998. The van der Waals surface area contributed by atoms with Crippen molar-refractivity contribution in [2.75, 3.05) is 26.7 Å². The van der Waals surface area contributed by atoms with Crippen LogP contribution >= 0.6 is 0 Å². The summed E-state index contributed by atoms with van der Waals surface area (Å²) < 4.78 is 0. The number of hydrogen-bond acceptors (Lipinski definition) is 2. The van der Waals surface area contributed by atoms with Crippen LogP contribution in [0.1, 0.15) is 12.6 Å². The highest BCUT2D eigenvalue weighted by molar-refractivity contribution is 5.02. The van der Waals surface area contributed by atoms with Crippen LogP contribution in [-0.2, 0) is 6.54 Å². The molecule has 1 aromatic rings. The first-order chi connectivity index (χ1) is 6.33. The van der Waals surface area contributed by atoms with Crippen molar-refractivity contribution in [1.29, 1.82) is 0 Å². The quantitative estimate of drug-likeness (QED) is 0.643. The summed E-state index contributed by atoms with van der Waals surface area (Å²) in [6, 6.07) is 4.15. The highest BCUT2D eigenvalue weighted by Gasteiger charge is 1.98. The lowest BCUT2D eigenvalue weighted by atomic mass is 10.4. The van der Waals surface area contributed by atoms with Crippen molar-refractivity contribution in [2.45, 2.75) is 13.5 Å². The van der Waals surface area contributed by atoms with Crippen LogP contribution in [0.2, 0.25) is 0 Å². The van der Waals surface area contributed by atoms with Gasteiger partial charge < -0.3 is 10.3 Å². The van der Waals surface area contributed by atoms with Gasteiger partial charge in [0.05, 0.1) is 0 Å². The second-order valence-corrected chi connectivity index (χ2v) is 3.29. The Morgan fingerprint density at radius 1 is 1.54 bits per heavy atom. The van der Waals surface area contributed by atoms with Crippen molar-refractivity contribution in [2.24, 2.45) is 0 Å². The fourth-order valence-corrected chi connectivity index (χ4v) is 1.28. The molecule has 3 heteroatoms. The number of nitrogens with zero attached hydrogens (tertiary/aromatic N) is 1. The molecule has 0 aliphatic carbocycles. The van der Waals surface area contributed by atoms with Crippen LogP contribution in [0.4, 0.5) is 0 Å². The number of rotatable bonds is 6. The molecule has 0 saturated carbocycles. The zero-order valence-electron chi connectivity index (χ0n) is 8.51. The molecule has 1 aromatic heterocycles. The molecule has 3 nitrogen and oxygen atoms in total. The Kier molecular flexibility index (Phi) is 4.57. The number of nitrogens with one attached hydrogen (secondary N) is 2. The SMILES string of the molecule is CCNCCN(C)Cc1ccc[nH]1. The van der Waals surface area contributed by atoms with E-state index >= 15 is 0 Å². The van der Waals surface area contributed by atoms with E-state index in [1.54, 1.807) is 0 Å². The van der Waals surface area contributed by atoms with Gasteiger partial charge in [0.2, 0.25) is 0 Å². The fourth-order valence-electron chi connectivity index (χ4n) is 1.28. The summed E-state index contributed by atoms with van der Waals surface area (Å²) in [5, 5.41) is 3.31. The van der Waals surface area contributed by atoms with Crippen LogP contribution in [0.15, 0.2) is 18.3 Å². The van der Waals surface area contributed by atoms with Crippen molar-refractivity contribution in [3.8, 4) is 0 Å². The Bertz CT molecular complexity index is 206. The third-order valence-electron chi connectivity index (χ3n) is 2.02. The van der Waals surface area contributed by atoms with E-state index in [4.69, 9.17) is 0 Å². The van der Waals surface area contributed by atoms with Gasteiger partial charge >= 0.3 is 0 Å². The fraction of sp³-hybridized carbons (Fsp3) is 0.600. The number of aromatic nitrogens is 1. The molecule has 0 radical (unpaired) electrons. The van der Waals surface area contributed by atoms with Crippen LogP contribution in [0, 0.1) is 0 Å². The second kappa shape index (κ2) is 5.78. The van der Waals surface area contributed by atoms with E-state index in [1.165, 1.54) is 5.69 Å². The van der Waals surface area contributed by atoms with Crippen molar-refractivity contribution >= 4 is 0 Å². The Morgan fingerprint density at radius 2 is 2.38 bits per heavy atom. The molecular weight excluding hydrogens is 162 g/mol. The summed E-state index contributed by atoms with van der Waals surface area (Å²) in [5.74, 6) is 0. The Morgan fingerprint density at radius 3 is 3.00 bits per heavy atom. The molecule has 13 heavy (non-hydrogen) atoms. The lowest BCUT2D eigenvalue weighted by molar-refractivity contribution is 0.322. The first-order valence-corrected chi connectivity index (χ1v) is 4.84. The zero-order chi connectivity index (χ0) is 9.52. The molecule has 0 spiro atoms. The van der Waals surface area contributed by atoms with Crippen LogP contribution in [-0.4, -0.2) is 36.6 Å². The van der Waals surface area contributed by atoms with Crippen molar-refractivity contribution in [3.05, 3.63) is 24.0 Å². The predicted octanol–water partition coefficient (Wildman–Crippen LogP) is 1.06. The monoisotopic (exact) mass is 181 g/mol. The van der Waals surface area contributed by atoms with Crippen LogP contribution in [0.25, 0.3) is 0 Å². The number of H-pyrrole nitrogens is 1. The van der Waals surface area contributed by atoms with Crippen molar-refractivity contribution in [1.82, 2.24) is 15.2 Å². The standard InChI is InChI=1S/C10H19N3/c1-3-11-7-8-13(2)9-10-5-4-6-12-10/h4-6,11-12H,3,7-9H2,1-2H3. The number of hydrogen-bond donors (Lipinski definition) is 2.